The zero-order chi connectivity index (χ0) is 82.4. The molecule has 37 nitrogen and oxygen atoms in total. The lowest BCUT2D eigenvalue weighted by Gasteiger charge is -2.71. The van der Waals surface area contributed by atoms with Crippen molar-refractivity contribution in [1.82, 2.24) is 0 Å². The van der Waals surface area contributed by atoms with Crippen LogP contribution in [0.25, 0.3) is 6.08 Å². The maximum Gasteiger partial charge on any atom is 0.331 e. The van der Waals surface area contributed by atoms with Crippen LogP contribution in [0.4, 0.5) is 0 Å². The van der Waals surface area contributed by atoms with Gasteiger partial charge in [0.1, 0.15) is 116 Å². The largest absolute Gasteiger partial charge is 0.493 e. The van der Waals surface area contributed by atoms with Gasteiger partial charge in [0.2, 0.25) is 12.0 Å². The Bertz CT molecular complexity index is 3520. The highest BCUT2D eigenvalue weighted by Crippen LogP contribution is 2.76. The van der Waals surface area contributed by atoms with Crippen molar-refractivity contribution < 1.29 is 182 Å². The van der Waals surface area contributed by atoms with E-state index in [9.17, 15) is 102 Å². The number of esters is 2. The number of carbonyl (C=O) groups is 3. The Kier molecular flexibility index (Phi) is 26.3. The molecule has 1 aromatic rings. The maximum atomic E-state index is 16.1. The molecule has 0 aromatic heterocycles. The summed E-state index contributed by atoms with van der Waals surface area (Å²) in [6, 6.07) is 3.12. The van der Waals surface area contributed by atoms with Crippen molar-refractivity contribution >= 4 is 24.0 Å². The second-order valence-corrected chi connectivity index (χ2v) is 34.0. The van der Waals surface area contributed by atoms with E-state index < -0.39 is 285 Å². The summed E-state index contributed by atoms with van der Waals surface area (Å²) in [4.78, 5) is 44.0. The van der Waals surface area contributed by atoms with Gasteiger partial charge in [-0.2, -0.15) is 0 Å². The smallest absolute Gasteiger partial charge is 0.331 e. The summed E-state index contributed by atoms with van der Waals surface area (Å²) >= 11 is 0. The van der Waals surface area contributed by atoms with Crippen molar-refractivity contribution in [2.75, 3.05) is 54.4 Å². The normalized spacial score (nSPS) is 48.5. The summed E-state index contributed by atoms with van der Waals surface area (Å²) in [6.07, 6.45) is -46.0. The first kappa shape index (κ1) is 87.7. The molecule has 0 spiro atoms. The number of allylic oxidation sites excluding steroid dienone is 1. The van der Waals surface area contributed by atoms with E-state index in [1.807, 2.05) is 13.0 Å². The van der Waals surface area contributed by atoms with E-state index in [0.717, 1.165) is 11.6 Å². The third-order valence-electron chi connectivity index (χ3n) is 27.1. The maximum absolute atomic E-state index is 16.1. The van der Waals surface area contributed by atoms with E-state index >= 15 is 4.79 Å². The predicted octanol–water partition coefficient (Wildman–Crippen LogP) is -3.76. The summed E-state index contributed by atoms with van der Waals surface area (Å²) in [7, 11) is 4.23. The number of methoxy groups -OCH3 is 3. The Morgan fingerprint density at radius 1 is 0.513 bits per heavy atom. The summed E-state index contributed by atoms with van der Waals surface area (Å²) in [5, 5.41) is 202. The van der Waals surface area contributed by atoms with Crippen LogP contribution in [0.5, 0.6) is 17.2 Å². The Hall–Kier alpha value is -4.61. The van der Waals surface area contributed by atoms with Crippen LogP contribution in [0.1, 0.15) is 112 Å². The molecular formula is C76H114O37. The topological polar surface area (TPSA) is 563 Å². The van der Waals surface area contributed by atoms with Crippen LogP contribution in [0.15, 0.2) is 29.9 Å². The van der Waals surface area contributed by atoms with Crippen molar-refractivity contribution in [1.29, 1.82) is 0 Å². The predicted molar refractivity (Wildman–Crippen MR) is 377 cm³/mol. The van der Waals surface area contributed by atoms with E-state index in [-0.39, 0.29) is 49.4 Å². The van der Waals surface area contributed by atoms with Gasteiger partial charge in [0.15, 0.2) is 55.2 Å². The minimum Gasteiger partial charge on any atom is -0.493 e. The SMILES string of the molecule is COc1cc(/C=C/C(=O)O[C@@H]2[C@H](O)[C@@H](O[C@@H]3O[C@@H](C)[C@H](O[C@@H]4OC[C@@H](O)[C@H](O[C@@H]5O[C@H](CO)[C@H](O[C@@H]6OC[C@H](O)[C@H](O)[C@H]6O)[C@H](O)[C@H]5O)[C@H]4O)[C@@H](O)[C@H]3O)[C@H](OC(=O)[C@]34CCC(C)(C)C[C@H]3C3=CC[C@@H]5[C@@]6(C)CC(O)C(O[C@@H]7O[C@H](CO)[C@@H](O)[C@H](O)[C@H]7O)[C@@](C)(C(=O)O)[C@@H]6CC[C@@]5(C)[C@]3(CO)CC4)O[C@@H]2C)cc(OC)c1OC. The number of carbonyl (C=O) groups excluding carboxylic acids is 2. The van der Waals surface area contributed by atoms with Crippen LogP contribution in [-0.2, 0) is 76.0 Å². The molecule has 6 aliphatic heterocycles. The van der Waals surface area contributed by atoms with Crippen LogP contribution in [0.3, 0.4) is 0 Å². The molecule has 11 aliphatic rings. The van der Waals surface area contributed by atoms with Crippen LogP contribution in [0, 0.1) is 50.2 Å². The molecule has 6 saturated heterocycles. The van der Waals surface area contributed by atoms with Gasteiger partial charge >= 0.3 is 17.9 Å². The monoisotopic (exact) mass is 1620 g/mol. The van der Waals surface area contributed by atoms with E-state index in [0.29, 0.717) is 31.2 Å². The molecule has 18 N–H and O–H groups in total. The number of fused-ring (bicyclic) bond motifs is 7. The van der Waals surface area contributed by atoms with Gasteiger partial charge in [0.25, 0.3) is 0 Å². The average molecular weight is 1620 g/mol. The number of rotatable bonds is 22. The fraction of sp³-hybridized carbons (Fsp3) is 0.829. The third kappa shape index (κ3) is 15.5. The molecule has 5 aliphatic carbocycles. The molecule has 1 aromatic carbocycles. The van der Waals surface area contributed by atoms with E-state index in [4.69, 9.17) is 75.8 Å². The van der Waals surface area contributed by atoms with Crippen molar-refractivity contribution in [3.05, 3.63) is 35.4 Å². The minimum atomic E-state index is -2.15. The van der Waals surface area contributed by atoms with Crippen LogP contribution < -0.4 is 14.2 Å². The van der Waals surface area contributed by atoms with Gasteiger partial charge in [-0.05, 0) is 136 Å². The minimum absolute atomic E-state index is 0.0151. The number of hydrogen-bond donors (Lipinski definition) is 18. The first-order chi connectivity index (χ1) is 53.3. The van der Waals surface area contributed by atoms with Gasteiger partial charge in [-0.1, -0.05) is 39.3 Å². The number of carboxylic acids is 1. The standard InChI is InChI=1S/C76H114O37/c1-30-56(108-64-55(94)58(37(82)28-102-64)109-66-53(92)49(88)60(41(26-78)106-66)110-63-50(89)45(84)36(81)27-101-63)48(87)52(91)65(103-30)111-61-54(93)57(107-44(83)14-11-32-21-38(98-8)59(100-10)39(22-32)99-9)31(2)104-68(61)113-70(97)75-18-17-71(3,4)23-34(75)33-12-13-42-72(5)24-35(80)62(112-67-51(90)47(86)46(85)40(25-77)105-67)74(7,69(95)96)43(72)15-16-73(42,6)76(33,29-79)20-19-75/h11-12,14,21-22,30-31,34-37,40-43,45-58,60-68,77-82,84-94H,13,15-20,23-29H2,1-10H3,(H,95,96)/b14-11+/t30-,31+,34-,35?,36-,37+,40+,41+,42+,43+,45-,46+,47-,48-,49+,50+,51+,52+,53+,54-,55+,56-,57-,58-,60-,61+,62?,63-,64-,65-,66-,67-,68-,72+,73+,74-,75-,76-/m0/s1. The van der Waals surface area contributed by atoms with Gasteiger partial charge in [-0.3, -0.25) is 9.59 Å². The molecule has 113 heavy (non-hydrogen) atoms. The molecule has 2 unspecified atom stereocenters. The number of hydrogen-bond acceptors (Lipinski definition) is 36. The Morgan fingerprint density at radius 2 is 1.06 bits per heavy atom. The summed E-state index contributed by atoms with van der Waals surface area (Å²) in [5.74, 6) is -4.08. The molecule has 0 bridgehead atoms. The van der Waals surface area contributed by atoms with Gasteiger partial charge in [-0.15, -0.1) is 0 Å². The number of aliphatic carboxylic acids is 1. The zero-order valence-electron chi connectivity index (χ0n) is 64.6. The molecular weight excluding hydrogens is 1500 g/mol. The molecule has 640 valence electrons. The summed E-state index contributed by atoms with van der Waals surface area (Å²) in [5.41, 5.74) is -5.33. The second kappa shape index (κ2) is 33.9. The van der Waals surface area contributed by atoms with Crippen molar-refractivity contribution in [2.45, 2.75) is 290 Å². The molecule has 37 heteroatoms. The molecule has 10 fully saturated rings. The van der Waals surface area contributed by atoms with Gasteiger partial charge in [-0.25, -0.2) is 4.79 Å². The van der Waals surface area contributed by atoms with Crippen LogP contribution in [0.2, 0.25) is 0 Å². The number of benzene rings is 1. The van der Waals surface area contributed by atoms with Crippen molar-refractivity contribution in [3.63, 3.8) is 0 Å². The fourth-order valence-corrected chi connectivity index (χ4v) is 20.7. The van der Waals surface area contributed by atoms with E-state index in [1.165, 1.54) is 48.2 Å². The lowest BCUT2D eigenvalue weighted by atomic mass is 9.33. The van der Waals surface area contributed by atoms with Crippen molar-refractivity contribution in [2.24, 2.45) is 50.2 Å². The van der Waals surface area contributed by atoms with E-state index in [1.54, 1.807) is 12.1 Å². The second-order valence-electron chi connectivity index (χ2n) is 34.0. The first-order valence-corrected chi connectivity index (χ1v) is 38.6. The number of ether oxygens (including phenoxy) is 16. The van der Waals surface area contributed by atoms with Crippen LogP contribution in [-0.4, -0.2) is 348 Å². The summed E-state index contributed by atoms with van der Waals surface area (Å²) in [6.45, 7) is 9.24. The Labute approximate surface area is 651 Å². The quantitative estimate of drug-likeness (QED) is 0.0229. The fourth-order valence-electron chi connectivity index (χ4n) is 20.7. The number of carboxylic acid groups (broad SMARTS) is 1. The Morgan fingerprint density at radius 3 is 1.69 bits per heavy atom. The third-order valence-corrected chi connectivity index (χ3v) is 27.1. The lowest BCUT2D eigenvalue weighted by molar-refractivity contribution is -0.384. The molecule has 6 heterocycles. The number of aliphatic hydroxyl groups excluding tert-OH is 17. The zero-order valence-corrected chi connectivity index (χ0v) is 64.6. The van der Waals surface area contributed by atoms with E-state index in [2.05, 4.69) is 20.8 Å². The van der Waals surface area contributed by atoms with Gasteiger partial charge in [0.05, 0.1) is 83.5 Å². The molecule has 0 amide bonds. The highest BCUT2D eigenvalue weighted by Gasteiger charge is 2.74. The van der Waals surface area contributed by atoms with Gasteiger partial charge < -0.3 is 168 Å². The molecule has 0 radical (unpaired) electrons. The average Bonchev–Trinajstić information content (AvgIpc) is 0.667. The lowest BCUT2D eigenvalue weighted by Crippen LogP contribution is -2.71. The summed E-state index contributed by atoms with van der Waals surface area (Å²) < 4.78 is 94.2. The molecule has 38 atom stereocenters. The van der Waals surface area contributed by atoms with Gasteiger partial charge in [0, 0.05) is 11.5 Å². The highest BCUT2D eigenvalue weighted by molar-refractivity contribution is 5.87. The first-order valence-electron chi connectivity index (χ1n) is 38.6. The van der Waals surface area contributed by atoms with Crippen molar-refractivity contribution in [3.8, 4) is 17.2 Å². The Balaban J connectivity index is 0.793. The highest BCUT2D eigenvalue weighted by atomic mass is 16.8. The molecule has 12 rings (SSSR count). The molecule has 4 saturated carbocycles. The number of aliphatic hydroxyl groups is 17. The van der Waals surface area contributed by atoms with Crippen LogP contribution >= 0.6 is 0 Å².